The quantitative estimate of drug-likeness (QED) is 0.239. The second-order valence-electron chi connectivity index (χ2n) is 0.966. The molecule has 0 heterocycles. The molecule has 40 valence electrons. The van der Waals surface area contributed by atoms with Crippen LogP contribution in [0.1, 0.15) is 0 Å². The fraction of sp³-hybridized carbons (Fsp3) is 0. The molecule has 0 atom stereocenters. The highest BCUT2D eigenvalue weighted by atomic mass is 31.2. The molecule has 0 aromatic rings. The summed E-state index contributed by atoms with van der Waals surface area (Å²) in [5, 5.41) is 1.92. The average Bonchev–Trinajstić information content (AvgIpc) is 1.30. The van der Waals surface area contributed by atoms with Gasteiger partial charge in [0.15, 0.2) is 0 Å². The first-order chi connectivity index (χ1) is 3.06. The normalized spacial score (nSPS) is 9.86. The van der Waals surface area contributed by atoms with Crippen molar-refractivity contribution in [2.24, 2.45) is 11.0 Å². The van der Waals surface area contributed by atoms with Crippen molar-refractivity contribution in [2.45, 2.75) is 0 Å². The molecule has 0 rings (SSSR count). The Labute approximate surface area is 41.8 Å². The summed E-state index contributed by atoms with van der Waals surface area (Å²) in [6.07, 6.45) is 4.62. The maximum Gasteiger partial charge on any atom is 0.304 e. The SMILES string of the molecule is C#CNP(N)(N)=O. The lowest BCUT2D eigenvalue weighted by Gasteiger charge is -1.99. The molecule has 4 nitrogen and oxygen atoms in total. The van der Waals surface area contributed by atoms with Gasteiger partial charge in [-0.2, -0.15) is 0 Å². The van der Waals surface area contributed by atoms with Gasteiger partial charge in [-0.1, -0.05) is 6.42 Å². The van der Waals surface area contributed by atoms with Crippen LogP contribution in [0.5, 0.6) is 0 Å². The third-order valence-electron chi connectivity index (χ3n) is 0.239. The van der Waals surface area contributed by atoms with Crippen LogP contribution in [0.15, 0.2) is 0 Å². The Morgan fingerprint density at radius 1 is 1.71 bits per heavy atom. The average molecular weight is 119 g/mol. The highest BCUT2D eigenvalue weighted by Gasteiger charge is 2.00. The lowest BCUT2D eigenvalue weighted by Crippen LogP contribution is -2.17. The van der Waals surface area contributed by atoms with Crippen LogP contribution in [0.2, 0.25) is 0 Å². The van der Waals surface area contributed by atoms with Crippen LogP contribution in [0.4, 0.5) is 0 Å². The molecule has 0 aliphatic heterocycles. The van der Waals surface area contributed by atoms with Gasteiger partial charge in [-0.05, 0) is 0 Å². The maximum atomic E-state index is 10.1. The van der Waals surface area contributed by atoms with Crippen LogP contribution in [-0.4, -0.2) is 0 Å². The third kappa shape index (κ3) is 5.51. The molecule has 0 aromatic heterocycles. The van der Waals surface area contributed by atoms with Crippen LogP contribution in [0, 0.1) is 12.5 Å². The molecule has 0 aromatic carbocycles. The van der Waals surface area contributed by atoms with E-state index in [4.69, 9.17) is 11.0 Å². The van der Waals surface area contributed by atoms with E-state index in [1.807, 2.05) is 11.1 Å². The summed E-state index contributed by atoms with van der Waals surface area (Å²) in [5.41, 5.74) is 9.45. The van der Waals surface area contributed by atoms with Gasteiger partial charge >= 0.3 is 7.59 Å². The van der Waals surface area contributed by atoms with E-state index in [1.54, 1.807) is 0 Å². The predicted octanol–water partition coefficient (Wildman–Crippen LogP) is -0.808. The summed E-state index contributed by atoms with van der Waals surface area (Å²) in [6, 6.07) is 1.84. The van der Waals surface area contributed by atoms with Gasteiger partial charge in [-0.25, -0.2) is 0 Å². The molecule has 0 spiro atoms. The van der Waals surface area contributed by atoms with Gasteiger partial charge in [0.25, 0.3) is 0 Å². The lowest BCUT2D eigenvalue weighted by atomic mass is 11.2. The number of nitrogens with one attached hydrogen (secondary N) is 1. The van der Waals surface area contributed by atoms with E-state index in [0.29, 0.717) is 0 Å². The second-order valence-corrected chi connectivity index (χ2v) is 2.61. The van der Waals surface area contributed by atoms with E-state index in [-0.39, 0.29) is 0 Å². The first-order valence-corrected chi connectivity index (χ1v) is 3.31. The van der Waals surface area contributed by atoms with Crippen molar-refractivity contribution in [3.05, 3.63) is 0 Å². The molecule has 0 radical (unpaired) electrons. The summed E-state index contributed by atoms with van der Waals surface area (Å²) in [6.45, 7) is 0. The number of hydrogen-bond donors (Lipinski definition) is 3. The van der Waals surface area contributed by atoms with Crippen molar-refractivity contribution < 1.29 is 4.57 Å². The van der Waals surface area contributed by atoms with Crippen molar-refractivity contribution in [2.75, 3.05) is 0 Å². The standard InChI is InChI=1S/C2H6N3OP/c1-2-5-7(3,4)6/h1H,(H5,3,4,5,6). The van der Waals surface area contributed by atoms with Gasteiger partial charge in [-0.3, -0.25) is 20.7 Å². The zero-order chi connectivity index (χ0) is 5.91. The van der Waals surface area contributed by atoms with E-state index in [0.717, 1.165) is 0 Å². The Morgan fingerprint density at radius 3 is 2.14 bits per heavy atom. The van der Waals surface area contributed by atoms with Crippen LogP contribution < -0.4 is 16.1 Å². The van der Waals surface area contributed by atoms with E-state index in [1.165, 1.54) is 0 Å². The van der Waals surface area contributed by atoms with E-state index < -0.39 is 7.59 Å². The van der Waals surface area contributed by atoms with E-state index in [9.17, 15) is 4.57 Å². The summed E-state index contributed by atoms with van der Waals surface area (Å²) in [5.74, 6) is 0. The smallest absolute Gasteiger partial charge is 0.272 e. The number of terminal acetylenes is 1. The molecule has 0 fully saturated rings. The Morgan fingerprint density at radius 2 is 2.14 bits per heavy atom. The van der Waals surface area contributed by atoms with Crippen molar-refractivity contribution in [1.29, 1.82) is 0 Å². The number of hydrogen-bond acceptors (Lipinski definition) is 1. The fourth-order valence-electron chi connectivity index (χ4n) is 0.101. The minimum atomic E-state index is -3.15. The van der Waals surface area contributed by atoms with Gasteiger partial charge in [0.2, 0.25) is 0 Å². The summed E-state index contributed by atoms with van der Waals surface area (Å²) in [7, 11) is -3.15. The predicted molar refractivity (Wildman–Crippen MR) is 28.0 cm³/mol. The molecule has 0 aliphatic carbocycles. The number of rotatable bonds is 1. The van der Waals surface area contributed by atoms with Gasteiger partial charge in [0.1, 0.15) is 0 Å². The Balaban J connectivity index is 3.65. The molecular weight excluding hydrogens is 113 g/mol. The summed E-state index contributed by atoms with van der Waals surface area (Å²) in [4.78, 5) is 0. The van der Waals surface area contributed by atoms with Crippen molar-refractivity contribution in [1.82, 2.24) is 5.09 Å². The van der Waals surface area contributed by atoms with Crippen molar-refractivity contribution in [3.63, 3.8) is 0 Å². The Kier molecular flexibility index (Phi) is 1.85. The zero-order valence-electron chi connectivity index (χ0n) is 3.59. The molecule has 0 unspecified atom stereocenters. The lowest BCUT2D eigenvalue weighted by molar-refractivity contribution is 0.573. The first kappa shape index (κ1) is 6.51. The van der Waals surface area contributed by atoms with E-state index in [2.05, 4.69) is 6.42 Å². The van der Waals surface area contributed by atoms with Gasteiger partial charge < -0.3 is 0 Å². The maximum absolute atomic E-state index is 10.1. The molecule has 0 bridgehead atoms. The van der Waals surface area contributed by atoms with Gasteiger partial charge in [0, 0.05) is 6.04 Å². The minimum Gasteiger partial charge on any atom is -0.272 e. The topological polar surface area (TPSA) is 81.1 Å². The van der Waals surface area contributed by atoms with Crippen LogP contribution in [0.3, 0.4) is 0 Å². The van der Waals surface area contributed by atoms with Crippen LogP contribution >= 0.6 is 7.59 Å². The molecular formula is C2H6N3OP. The highest BCUT2D eigenvalue weighted by molar-refractivity contribution is 7.57. The van der Waals surface area contributed by atoms with Crippen LogP contribution in [-0.2, 0) is 4.57 Å². The molecule has 0 saturated heterocycles. The molecule has 0 aliphatic rings. The van der Waals surface area contributed by atoms with Gasteiger partial charge in [-0.15, -0.1) is 0 Å². The molecule has 7 heavy (non-hydrogen) atoms. The monoisotopic (exact) mass is 119 g/mol. The Bertz CT molecular complexity index is 130. The largest absolute Gasteiger partial charge is 0.304 e. The fourth-order valence-corrected chi connectivity index (χ4v) is 0.303. The summed E-state index contributed by atoms with van der Waals surface area (Å²) >= 11 is 0. The molecule has 0 amide bonds. The second kappa shape index (κ2) is 1.99. The van der Waals surface area contributed by atoms with Crippen molar-refractivity contribution in [3.8, 4) is 12.5 Å². The minimum absolute atomic E-state index is 1.84. The van der Waals surface area contributed by atoms with Crippen molar-refractivity contribution >= 4 is 7.59 Å². The highest BCUT2D eigenvalue weighted by Crippen LogP contribution is 2.14. The summed E-state index contributed by atoms with van der Waals surface area (Å²) < 4.78 is 10.1. The number of nitrogens with two attached hydrogens (primary N) is 2. The molecule has 5 N–H and O–H groups in total. The Hall–Kier alpha value is -0.490. The molecule has 5 heteroatoms. The zero-order valence-corrected chi connectivity index (χ0v) is 4.48. The third-order valence-corrected chi connectivity index (χ3v) is 0.718. The first-order valence-electron chi connectivity index (χ1n) is 1.46. The van der Waals surface area contributed by atoms with Gasteiger partial charge in [0.05, 0.1) is 0 Å². The van der Waals surface area contributed by atoms with Crippen LogP contribution in [0.25, 0.3) is 0 Å². The molecule has 0 saturated carbocycles. The van der Waals surface area contributed by atoms with E-state index >= 15 is 0 Å².